The highest BCUT2D eigenvalue weighted by Crippen LogP contribution is 2.24. The lowest BCUT2D eigenvalue weighted by atomic mass is 10.2. The zero-order valence-electron chi connectivity index (χ0n) is 10.8. The molecule has 18 heavy (non-hydrogen) atoms. The maximum absolute atomic E-state index is 12.9. The Kier molecular flexibility index (Phi) is 4.45. The summed E-state index contributed by atoms with van der Waals surface area (Å²) in [6, 6.07) is 2.71. The van der Waals surface area contributed by atoms with E-state index in [0.717, 1.165) is 6.92 Å². The smallest absolute Gasteiger partial charge is 0.286 e. The van der Waals surface area contributed by atoms with Gasteiger partial charge in [0.25, 0.3) is 5.92 Å². The monoisotopic (exact) mass is 274 g/mol. The lowest BCUT2D eigenvalue weighted by Gasteiger charge is -2.17. The van der Waals surface area contributed by atoms with Crippen LogP contribution in [0.2, 0.25) is 0 Å². The van der Waals surface area contributed by atoms with E-state index in [9.17, 15) is 13.3 Å². The molecule has 0 bridgehead atoms. The van der Waals surface area contributed by atoms with Crippen LogP contribution in [-0.2, 0) is 17.3 Å². The van der Waals surface area contributed by atoms with Crippen molar-refractivity contribution < 1.29 is 13.3 Å². The molecule has 0 amide bonds. The molecular weight excluding hydrogens is 258 g/mol. The first-order chi connectivity index (χ1) is 8.10. The Hall–Kier alpha value is -1.01. The minimum Gasteiger partial charge on any atom is -0.591 e. The Morgan fingerprint density at radius 3 is 2.28 bits per heavy atom. The number of nitrogens with zero attached hydrogens (tertiary/aromatic N) is 2. The number of aromatic nitrogens is 1. The molecule has 3 nitrogen and oxygen atoms in total. The van der Waals surface area contributed by atoms with Crippen LogP contribution in [0.25, 0.3) is 0 Å². The van der Waals surface area contributed by atoms with E-state index in [2.05, 4.69) is 9.38 Å². The molecule has 1 aromatic rings. The predicted molar refractivity (Wildman–Crippen MR) is 69.3 cm³/mol. The fraction of sp³-hybridized carbons (Fsp3) is 0.500. The van der Waals surface area contributed by atoms with E-state index < -0.39 is 22.0 Å². The molecule has 1 heterocycles. The summed E-state index contributed by atoms with van der Waals surface area (Å²) in [6.07, 6.45) is 2.67. The van der Waals surface area contributed by atoms with Crippen molar-refractivity contribution in [2.45, 2.75) is 38.4 Å². The molecule has 0 saturated carbocycles. The van der Waals surface area contributed by atoms with Crippen LogP contribution in [0.15, 0.2) is 22.7 Å². The Morgan fingerprint density at radius 2 is 1.89 bits per heavy atom. The number of pyridine rings is 1. The van der Waals surface area contributed by atoms with Crippen molar-refractivity contribution in [1.29, 1.82) is 0 Å². The van der Waals surface area contributed by atoms with Crippen molar-refractivity contribution in [2.75, 3.05) is 0 Å². The molecule has 0 aromatic carbocycles. The first-order valence-electron chi connectivity index (χ1n) is 5.41. The van der Waals surface area contributed by atoms with Crippen molar-refractivity contribution in [2.24, 2.45) is 4.40 Å². The van der Waals surface area contributed by atoms with Gasteiger partial charge in [0, 0.05) is 18.7 Å². The summed E-state index contributed by atoms with van der Waals surface area (Å²) in [7, 11) is 0. The van der Waals surface area contributed by atoms with Crippen LogP contribution in [0.1, 0.15) is 39.0 Å². The molecule has 1 unspecified atom stereocenters. The molecule has 1 rings (SSSR count). The van der Waals surface area contributed by atoms with Gasteiger partial charge in [-0.1, -0.05) is 4.40 Å². The molecule has 0 saturated heterocycles. The standard InChI is InChI=1S/C12H16F2N2OS/c1-11(2,3)18(17)16-8-9-5-6-10(15-7-9)12(4,13)14/h5-8H,1-4H3. The minimum atomic E-state index is -2.95. The first kappa shape index (κ1) is 15.0. The maximum Gasteiger partial charge on any atom is 0.286 e. The predicted octanol–water partition coefficient (Wildman–Crippen LogP) is 3.07. The van der Waals surface area contributed by atoms with Crippen LogP contribution < -0.4 is 0 Å². The van der Waals surface area contributed by atoms with Crippen LogP contribution >= 0.6 is 0 Å². The number of alkyl halides is 2. The Labute approximate surface area is 109 Å². The van der Waals surface area contributed by atoms with Crippen LogP contribution in [0.3, 0.4) is 0 Å². The third-order valence-corrected chi connectivity index (χ3v) is 3.40. The average Bonchev–Trinajstić information content (AvgIpc) is 2.24. The van der Waals surface area contributed by atoms with Gasteiger partial charge in [0.1, 0.15) is 21.8 Å². The fourth-order valence-electron chi connectivity index (χ4n) is 1.01. The molecule has 1 atom stereocenters. The van der Waals surface area contributed by atoms with Crippen LogP contribution in [0.4, 0.5) is 8.78 Å². The van der Waals surface area contributed by atoms with Gasteiger partial charge in [0.05, 0.1) is 6.21 Å². The number of hydrogen-bond donors (Lipinski definition) is 0. The highest BCUT2D eigenvalue weighted by Gasteiger charge is 2.26. The average molecular weight is 274 g/mol. The topological polar surface area (TPSA) is 48.3 Å². The molecule has 0 aliphatic rings. The highest BCUT2D eigenvalue weighted by atomic mass is 32.2. The number of rotatable bonds is 3. The molecule has 6 heteroatoms. The van der Waals surface area contributed by atoms with Gasteiger partial charge in [-0.3, -0.25) is 4.98 Å². The van der Waals surface area contributed by atoms with E-state index in [0.29, 0.717) is 5.56 Å². The zero-order valence-corrected chi connectivity index (χ0v) is 11.6. The number of halogens is 2. The van der Waals surface area contributed by atoms with Crippen molar-refractivity contribution >= 4 is 17.6 Å². The summed E-state index contributed by atoms with van der Waals surface area (Å²) in [5.41, 5.74) is 0.247. The lowest BCUT2D eigenvalue weighted by Crippen LogP contribution is -2.25. The van der Waals surface area contributed by atoms with Gasteiger partial charge in [-0.05, 0) is 32.9 Å². The van der Waals surface area contributed by atoms with E-state index >= 15 is 0 Å². The third kappa shape index (κ3) is 4.34. The lowest BCUT2D eigenvalue weighted by molar-refractivity contribution is 0.0128. The summed E-state index contributed by atoms with van der Waals surface area (Å²) >= 11 is -1.37. The van der Waals surface area contributed by atoms with E-state index in [1.165, 1.54) is 24.5 Å². The summed E-state index contributed by atoms with van der Waals surface area (Å²) in [4.78, 5) is 3.65. The summed E-state index contributed by atoms with van der Waals surface area (Å²) < 4.78 is 40.9. The second kappa shape index (κ2) is 5.32. The normalized spacial score (nSPS) is 15.1. The summed E-state index contributed by atoms with van der Waals surface area (Å²) in [6.45, 7) is 6.20. The second-order valence-corrected chi connectivity index (χ2v) is 6.90. The van der Waals surface area contributed by atoms with Crippen molar-refractivity contribution in [3.05, 3.63) is 29.6 Å². The molecule has 0 aliphatic heterocycles. The molecule has 0 aliphatic carbocycles. The van der Waals surface area contributed by atoms with E-state index in [4.69, 9.17) is 0 Å². The molecule has 100 valence electrons. The summed E-state index contributed by atoms with van der Waals surface area (Å²) in [5.74, 6) is -2.95. The zero-order chi connectivity index (χ0) is 14.0. The van der Waals surface area contributed by atoms with Crippen LogP contribution in [0.5, 0.6) is 0 Å². The van der Waals surface area contributed by atoms with Crippen LogP contribution in [-0.4, -0.2) is 20.5 Å². The second-order valence-electron chi connectivity index (χ2n) is 4.96. The molecule has 0 spiro atoms. The molecule has 0 N–H and O–H groups in total. The van der Waals surface area contributed by atoms with Gasteiger partial charge < -0.3 is 4.55 Å². The van der Waals surface area contributed by atoms with Crippen LogP contribution in [0, 0.1) is 0 Å². The Morgan fingerprint density at radius 1 is 1.28 bits per heavy atom. The van der Waals surface area contributed by atoms with Gasteiger partial charge in [-0.25, -0.2) is 0 Å². The third-order valence-electron chi connectivity index (χ3n) is 2.06. The van der Waals surface area contributed by atoms with Gasteiger partial charge in [-0.2, -0.15) is 8.78 Å². The largest absolute Gasteiger partial charge is 0.591 e. The van der Waals surface area contributed by atoms with Gasteiger partial charge >= 0.3 is 0 Å². The SMILES string of the molecule is CC(F)(F)c1ccc(C=N[S+]([O-])C(C)(C)C)cn1. The fourth-order valence-corrected chi connectivity index (χ4v) is 1.54. The van der Waals surface area contributed by atoms with Gasteiger partial charge in [0.2, 0.25) is 0 Å². The van der Waals surface area contributed by atoms with Crippen molar-refractivity contribution in [3.8, 4) is 0 Å². The van der Waals surface area contributed by atoms with Gasteiger partial charge in [-0.15, -0.1) is 0 Å². The minimum absolute atomic E-state index is 0.295. The Bertz CT molecular complexity index is 421. The first-order valence-corrected chi connectivity index (χ1v) is 6.52. The number of hydrogen-bond acceptors (Lipinski definition) is 3. The van der Waals surface area contributed by atoms with Gasteiger partial charge in [0.15, 0.2) is 0 Å². The van der Waals surface area contributed by atoms with Crippen molar-refractivity contribution in [1.82, 2.24) is 4.98 Å². The highest BCUT2D eigenvalue weighted by molar-refractivity contribution is 7.91. The molecular formula is C12H16F2N2OS. The summed E-state index contributed by atoms with van der Waals surface area (Å²) in [5, 5.41) is 0. The maximum atomic E-state index is 12.9. The van der Waals surface area contributed by atoms with E-state index in [1.807, 2.05) is 0 Å². The molecule has 1 aromatic heterocycles. The quantitative estimate of drug-likeness (QED) is 0.628. The molecule has 0 radical (unpaired) electrons. The van der Waals surface area contributed by atoms with Crippen molar-refractivity contribution in [3.63, 3.8) is 0 Å². The molecule has 0 fully saturated rings. The Balaban J connectivity index is 2.79. The van der Waals surface area contributed by atoms with E-state index in [1.54, 1.807) is 20.8 Å². The van der Waals surface area contributed by atoms with E-state index in [-0.39, 0.29) is 5.69 Å².